The van der Waals surface area contributed by atoms with Crippen molar-refractivity contribution in [3.8, 4) is 12.3 Å². The number of aryl methyl sites for hydroxylation is 1. The van der Waals surface area contributed by atoms with Gasteiger partial charge >= 0.3 is 16.1 Å². The van der Waals surface area contributed by atoms with Crippen molar-refractivity contribution in [2.75, 3.05) is 0 Å². The quantitative estimate of drug-likeness (QED) is 0.552. The number of rotatable bonds is 2. The highest BCUT2D eigenvalue weighted by Gasteiger charge is 2.18. The molecule has 0 aliphatic rings. The van der Waals surface area contributed by atoms with Crippen molar-refractivity contribution in [2.24, 2.45) is 0 Å². The Bertz CT molecular complexity index is 505. The molecule has 78 valence electrons. The number of hydrogen-bond acceptors (Lipinski definition) is 4. The minimum Gasteiger partial charge on any atom is -0.331 e. The van der Waals surface area contributed by atoms with E-state index < -0.39 is 16.1 Å². The third-order valence-electron chi connectivity index (χ3n) is 1.61. The van der Waals surface area contributed by atoms with Gasteiger partial charge in [-0.2, -0.15) is 8.42 Å². The first kappa shape index (κ1) is 11.3. The van der Waals surface area contributed by atoms with Crippen LogP contribution in [0.3, 0.4) is 0 Å². The molecular formula is C10H8O4S. The molecule has 0 spiro atoms. The molecule has 0 N–H and O–H groups in total. The molecule has 0 radical (unpaired) electrons. The van der Waals surface area contributed by atoms with Crippen LogP contribution in [-0.4, -0.2) is 14.4 Å². The molecule has 0 unspecified atom stereocenters. The predicted molar refractivity (Wildman–Crippen MR) is 53.3 cm³/mol. The minimum atomic E-state index is -4.08. The highest BCUT2D eigenvalue weighted by Crippen LogP contribution is 2.12. The molecule has 5 heteroatoms. The van der Waals surface area contributed by atoms with E-state index in [0.29, 0.717) is 0 Å². The summed E-state index contributed by atoms with van der Waals surface area (Å²) in [6.07, 6.45) is 4.69. The van der Waals surface area contributed by atoms with Gasteiger partial charge in [-0.25, -0.2) is 4.79 Å². The number of hydrogen-bond donors (Lipinski definition) is 0. The number of terminal acetylenes is 1. The molecule has 4 nitrogen and oxygen atoms in total. The van der Waals surface area contributed by atoms with E-state index in [2.05, 4.69) is 4.18 Å². The van der Waals surface area contributed by atoms with Gasteiger partial charge in [0.2, 0.25) is 0 Å². The zero-order valence-corrected chi connectivity index (χ0v) is 8.74. The lowest BCUT2D eigenvalue weighted by Crippen LogP contribution is -2.11. The van der Waals surface area contributed by atoms with Crippen LogP contribution in [-0.2, 0) is 19.1 Å². The van der Waals surface area contributed by atoms with Crippen LogP contribution < -0.4 is 0 Å². The van der Waals surface area contributed by atoms with Gasteiger partial charge in [0.15, 0.2) is 0 Å². The van der Waals surface area contributed by atoms with E-state index in [-0.39, 0.29) is 4.90 Å². The maximum atomic E-state index is 11.4. The lowest BCUT2D eigenvalue weighted by atomic mass is 10.2. The zero-order chi connectivity index (χ0) is 11.5. The fraction of sp³-hybridized carbons (Fsp3) is 0.100. The minimum absolute atomic E-state index is 0.100. The molecule has 0 heterocycles. The van der Waals surface area contributed by atoms with Gasteiger partial charge in [-0.05, 0) is 19.1 Å². The van der Waals surface area contributed by atoms with E-state index in [4.69, 9.17) is 6.42 Å². The number of carbonyl (C=O) groups excluding carboxylic acids is 1. The third-order valence-corrected chi connectivity index (χ3v) is 2.83. The Balaban J connectivity index is 3.03. The topological polar surface area (TPSA) is 60.4 Å². The fourth-order valence-corrected chi connectivity index (χ4v) is 1.69. The Morgan fingerprint density at radius 2 is 1.87 bits per heavy atom. The van der Waals surface area contributed by atoms with Gasteiger partial charge in [0.05, 0.1) is 0 Å². The van der Waals surface area contributed by atoms with Gasteiger partial charge in [0.25, 0.3) is 0 Å². The molecule has 15 heavy (non-hydrogen) atoms. The Hall–Kier alpha value is -1.80. The van der Waals surface area contributed by atoms with E-state index in [0.717, 1.165) is 5.56 Å². The first-order valence-corrected chi connectivity index (χ1v) is 5.38. The van der Waals surface area contributed by atoms with Crippen molar-refractivity contribution in [1.82, 2.24) is 0 Å². The Morgan fingerprint density at radius 1 is 1.33 bits per heavy atom. The molecule has 0 atom stereocenters. The van der Waals surface area contributed by atoms with E-state index in [9.17, 15) is 13.2 Å². The van der Waals surface area contributed by atoms with Crippen LogP contribution in [0.4, 0.5) is 0 Å². The number of carbonyl (C=O) groups is 1. The lowest BCUT2D eigenvalue weighted by molar-refractivity contribution is -0.127. The standard InChI is InChI=1S/C10H8O4S/c1-3-10(11)14-15(12,13)9-6-4-8(2)5-7-9/h1,4-7H,2H3. The van der Waals surface area contributed by atoms with Crippen molar-refractivity contribution in [3.63, 3.8) is 0 Å². The van der Waals surface area contributed by atoms with Gasteiger partial charge in [-0.1, -0.05) is 17.7 Å². The van der Waals surface area contributed by atoms with Crippen LogP contribution in [0.5, 0.6) is 0 Å². The van der Waals surface area contributed by atoms with Gasteiger partial charge in [0.1, 0.15) is 4.90 Å². The molecule has 1 aromatic rings. The van der Waals surface area contributed by atoms with Crippen molar-refractivity contribution in [1.29, 1.82) is 0 Å². The Morgan fingerprint density at radius 3 is 2.33 bits per heavy atom. The normalized spacial score (nSPS) is 10.4. The average molecular weight is 224 g/mol. The second-order valence-corrected chi connectivity index (χ2v) is 4.33. The zero-order valence-electron chi connectivity index (χ0n) is 7.93. The summed E-state index contributed by atoms with van der Waals surface area (Å²) in [5, 5.41) is 0. The molecule has 0 aliphatic carbocycles. The smallest absolute Gasteiger partial charge is 0.331 e. The van der Waals surface area contributed by atoms with Gasteiger partial charge in [0, 0.05) is 5.92 Å². The van der Waals surface area contributed by atoms with Gasteiger partial charge < -0.3 is 4.18 Å². The molecule has 0 aromatic heterocycles. The van der Waals surface area contributed by atoms with Crippen LogP contribution in [0.15, 0.2) is 29.2 Å². The second kappa shape index (κ2) is 4.15. The molecule has 1 aromatic carbocycles. The summed E-state index contributed by atoms with van der Waals surface area (Å²) in [7, 11) is -4.08. The second-order valence-electron chi connectivity index (χ2n) is 2.78. The predicted octanol–water partition coefficient (Wildman–Crippen LogP) is 0.860. The van der Waals surface area contributed by atoms with Crippen molar-refractivity contribution in [3.05, 3.63) is 29.8 Å². The van der Waals surface area contributed by atoms with E-state index in [1.807, 2.05) is 6.92 Å². The molecule has 0 amide bonds. The summed E-state index contributed by atoms with van der Waals surface area (Å²) >= 11 is 0. The molecule has 0 saturated heterocycles. The van der Waals surface area contributed by atoms with Crippen molar-refractivity contribution < 1.29 is 17.4 Å². The lowest BCUT2D eigenvalue weighted by Gasteiger charge is -2.02. The maximum Gasteiger partial charge on any atom is 0.399 e. The first-order valence-electron chi connectivity index (χ1n) is 3.97. The SMILES string of the molecule is C#CC(=O)OS(=O)(=O)c1ccc(C)cc1. The summed E-state index contributed by atoms with van der Waals surface area (Å²) in [5.41, 5.74) is 0.900. The van der Waals surface area contributed by atoms with E-state index in [1.54, 1.807) is 18.1 Å². The largest absolute Gasteiger partial charge is 0.399 e. The first-order chi connectivity index (χ1) is 6.95. The summed E-state index contributed by atoms with van der Waals surface area (Å²) in [5.74, 6) is 0.336. The fourth-order valence-electron chi connectivity index (χ4n) is 0.877. The van der Waals surface area contributed by atoms with Crippen LogP contribution in [0.2, 0.25) is 0 Å². The van der Waals surface area contributed by atoms with Crippen molar-refractivity contribution in [2.45, 2.75) is 11.8 Å². The van der Waals surface area contributed by atoms with Crippen LogP contribution in [0, 0.1) is 19.3 Å². The van der Waals surface area contributed by atoms with Gasteiger partial charge in [-0.15, -0.1) is 6.42 Å². The average Bonchev–Trinajstić information content (AvgIpc) is 2.17. The van der Waals surface area contributed by atoms with E-state index >= 15 is 0 Å². The molecule has 0 fully saturated rings. The molecule has 0 saturated carbocycles. The van der Waals surface area contributed by atoms with Crippen LogP contribution in [0.1, 0.15) is 5.56 Å². The third kappa shape index (κ3) is 2.82. The molecule has 1 rings (SSSR count). The van der Waals surface area contributed by atoms with Crippen molar-refractivity contribution >= 4 is 16.1 Å². The maximum absolute atomic E-state index is 11.4. The molecular weight excluding hydrogens is 216 g/mol. The highest BCUT2D eigenvalue weighted by molar-refractivity contribution is 7.87. The van der Waals surface area contributed by atoms with Crippen LogP contribution >= 0.6 is 0 Å². The highest BCUT2D eigenvalue weighted by atomic mass is 32.2. The van der Waals surface area contributed by atoms with E-state index in [1.165, 1.54) is 12.1 Å². The number of benzene rings is 1. The summed E-state index contributed by atoms with van der Waals surface area (Å²) in [6, 6.07) is 5.87. The Kier molecular flexibility index (Phi) is 3.12. The van der Waals surface area contributed by atoms with Gasteiger partial charge in [-0.3, -0.25) is 0 Å². The molecule has 0 bridgehead atoms. The Labute approximate surface area is 88.0 Å². The summed E-state index contributed by atoms with van der Waals surface area (Å²) in [4.78, 5) is 10.5. The monoisotopic (exact) mass is 224 g/mol. The summed E-state index contributed by atoms with van der Waals surface area (Å²) in [6.45, 7) is 1.81. The summed E-state index contributed by atoms with van der Waals surface area (Å²) < 4.78 is 26.9. The van der Waals surface area contributed by atoms with Crippen LogP contribution in [0.25, 0.3) is 0 Å². The molecule has 0 aliphatic heterocycles.